The molecule has 0 radical (unpaired) electrons. The molecule has 0 amide bonds. The van der Waals surface area contributed by atoms with Crippen LogP contribution in [-0.2, 0) is 10.0 Å². The molecule has 2 N–H and O–H groups in total. The third kappa shape index (κ3) is 5.10. The molecule has 1 aromatic carbocycles. The Morgan fingerprint density at radius 2 is 1.88 bits per heavy atom. The van der Waals surface area contributed by atoms with Crippen LogP contribution < -0.4 is 19.7 Å². The zero-order valence-corrected chi connectivity index (χ0v) is 20.5. The Bertz CT molecular complexity index is 1250. The largest absolute Gasteiger partial charge is 0.493 e. The summed E-state index contributed by atoms with van der Waals surface area (Å²) in [5.41, 5.74) is 0.687. The number of nitrogens with one attached hydrogen (secondary N) is 2. The van der Waals surface area contributed by atoms with E-state index >= 15 is 0 Å². The number of pyridine rings is 1. The molecule has 0 aliphatic carbocycles. The van der Waals surface area contributed by atoms with Gasteiger partial charge in [0, 0.05) is 30.7 Å². The van der Waals surface area contributed by atoms with Gasteiger partial charge in [0.25, 0.3) is 10.0 Å². The summed E-state index contributed by atoms with van der Waals surface area (Å²) in [5, 5.41) is 3.55. The fraction of sp³-hybridized carbons (Fsp3) is 0.348. The van der Waals surface area contributed by atoms with Crippen LogP contribution in [0.25, 0.3) is 11.3 Å². The predicted octanol–water partition coefficient (Wildman–Crippen LogP) is 4.30. The van der Waals surface area contributed by atoms with E-state index in [0.717, 1.165) is 18.8 Å². The van der Waals surface area contributed by atoms with Crippen molar-refractivity contribution in [3.63, 3.8) is 0 Å². The topological polar surface area (TPSA) is 96.7 Å². The van der Waals surface area contributed by atoms with Gasteiger partial charge in [-0.2, -0.15) is 0 Å². The second-order valence-corrected chi connectivity index (χ2v) is 10.3. The molecule has 2 atom stereocenters. The van der Waals surface area contributed by atoms with Crippen molar-refractivity contribution < 1.29 is 17.6 Å². The fourth-order valence-corrected chi connectivity index (χ4v) is 5.57. The number of ether oxygens (including phenoxy) is 1. The Kier molecular flexibility index (Phi) is 6.56. The molecule has 0 bridgehead atoms. The first-order chi connectivity index (χ1) is 15.7. The van der Waals surface area contributed by atoms with E-state index in [1.54, 1.807) is 18.2 Å². The van der Waals surface area contributed by atoms with Gasteiger partial charge in [-0.1, -0.05) is 11.6 Å². The van der Waals surface area contributed by atoms with Gasteiger partial charge in [0.05, 0.1) is 12.1 Å². The van der Waals surface area contributed by atoms with E-state index in [1.807, 2.05) is 25.1 Å². The van der Waals surface area contributed by atoms with Crippen LogP contribution in [0.3, 0.4) is 0 Å². The van der Waals surface area contributed by atoms with Crippen molar-refractivity contribution in [1.29, 1.82) is 0 Å². The van der Waals surface area contributed by atoms with Gasteiger partial charge in [-0.25, -0.2) is 13.4 Å². The lowest BCUT2D eigenvalue weighted by Gasteiger charge is -2.37. The zero-order valence-electron chi connectivity index (χ0n) is 18.9. The first-order valence-electron chi connectivity index (χ1n) is 10.6. The average Bonchev–Trinajstić information content (AvgIpc) is 3.19. The Morgan fingerprint density at radius 3 is 2.48 bits per heavy atom. The maximum absolute atomic E-state index is 13.2. The van der Waals surface area contributed by atoms with E-state index in [1.165, 1.54) is 13.2 Å². The molecule has 3 aromatic rings. The second-order valence-electron chi connectivity index (χ2n) is 8.26. The van der Waals surface area contributed by atoms with Crippen molar-refractivity contribution in [2.75, 3.05) is 29.8 Å². The summed E-state index contributed by atoms with van der Waals surface area (Å²) in [4.78, 5) is 6.63. The molecule has 0 unspecified atom stereocenters. The van der Waals surface area contributed by atoms with Crippen LogP contribution in [0.5, 0.6) is 5.75 Å². The first-order valence-corrected chi connectivity index (χ1v) is 12.5. The molecule has 1 aliphatic heterocycles. The number of hydrogen-bond donors (Lipinski definition) is 2. The quantitative estimate of drug-likeness (QED) is 0.531. The van der Waals surface area contributed by atoms with Crippen LogP contribution in [0.1, 0.15) is 19.6 Å². The summed E-state index contributed by atoms with van der Waals surface area (Å²) >= 11 is 6.37. The number of aryl methyl sites for hydroxylation is 1. The SMILES string of the molecule is COc1ccc(N2C[C@@H](C)N[C@@H](C)C2)nc1NS(=O)(=O)c1ccc(-c2ccc(C)o2)cc1Cl. The van der Waals surface area contributed by atoms with Crippen molar-refractivity contribution in [3.05, 3.63) is 53.2 Å². The summed E-state index contributed by atoms with van der Waals surface area (Å²) in [6.07, 6.45) is 0. The van der Waals surface area contributed by atoms with Gasteiger partial charge in [-0.3, -0.25) is 4.72 Å². The Labute approximate surface area is 199 Å². The lowest BCUT2D eigenvalue weighted by molar-refractivity contribution is 0.403. The van der Waals surface area contributed by atoms with Crippen LogP contribution in [0.15, 0.2) is 51.8 Å². The number of halogens is 1. The molecule has 1 saturated heterocycles. The van der Waals surface area contributed by atoms with Gasteiger partial charge in [-0.15, -0.1) is 0 Å². The van der Waals surface area contributed by atoms with Crippen LogP contribution in [-0.4, -0.2) is 45.7 Å². The van der Waals surface area contributed by atoms with Crippen LogP contribution >= 0.6 is 11.6 Å². The van der Waals surface area contributed by atoms with Crippen LogP contribution in [0, 0.1) is 6.92 Å². The minimum Gasteiger partial charge on any atom is -0.493 e. The fourth-order valence-electron chi connectivity index (χ4n) is 4.01. The van der Waals surface area contributed by atoms with E-state index < -0.39 is 10.0 Å². The molecule has 0 saturated carbocycles. The molecular weight excluding hydrogens is 464 g/mol. The van der Waals surface area contributed by atoms with Crippen LogP contribution in [0.2, 0.25) is 5.02 Å². The minimum absolute atomic E-state index is 0.0603. The van der Waals surface area contributed by atoms with Gasteiger partial charge in [-0.05, 0) is 63.2 Å². The number of anilines is 2. The van der Waals surface area contributed by atoms with Crippen LogP contribution in [0.4, 0.5) is 11.6 Å². The monoisotopic (exact) mass is 490 g/mol. The van der Waals surface area contributed by atoms with E-state index in [9.17, 15) is 8.42 Å². The molecule has 176 valence electrons. The molecule has 1 fully saturated rings. The molecule has 10 heteroatoms. The van der Waals surface area contributed by atoms with E-state index in [0.29, 0.717) is 22.9 Å². The minimum atomic E-state index is -4.03. The third-order valence-corrected chi connectivity index (χ3v) is 7.24. The summed E-state index contributed by atoms with van der Waals surface area (Å²) in [5.74, 6) is 2.46. The van der Waals surface area contributed by atoms with Gasteiger partial charge in [0.2, 0.25) is 0 Å². The highest BCUT2D eigenvalue weighted by Gasteiger charge is 2.25. The van der Waals surface area contributed by atoms with E-state index in [2.05, 4.69) is 33.8 Å². The lowest BCUT2D eigenvalue weighted by atomic mass is 10.1. The lowest BCUT2D eigenvalue weighted by Crippen LogP contribution is -2.54. The summed E-state index contributed by atoms with van der Waals surface area (Å²) in [6.45, 7) is 7.56. The molecule has 1 aliphatic rings. The zero-order chi connectivity index (χ0) is 23.8. The number of piperazine rings is 1. The molecule has 4 rings (SSSR count). The highest BCUT2D eigenvalue weighted by Crippen LogP contribution is 2.33. The average molecular weight is 491 g/mol. The number of hydrogen-bond acceptors (Lipinski definition) is 7. The molecule has 8 nitrogen and oxygen atoms in total. The number of nitrogens with zero attached hydrogens (tertiary/aromatic N) is 2. The van der Waals surface area contributed by atoms with Gasteiger partial charge in [0.1, 0.15) is 22.2 Å². The predicted molar refractivity (Wildman–Crippen MR) is 130 cm³/mol. The van der Waals surface area contributed by atoms with Gasteiger partial charge in [0.15, 0.2) is 11.6 Å². The molecule has 3 heterocycles. The third-order valence-electron chi connectivity index (χ3n) is 5.42. The highest BCUT2D eigenvalue weighted by molar-refractivity contribution is 7.92. The van der Waals surface area contributed by atoms with Crippen molar-refractivity contribution >= 4 is 33.3 Å². The van der Waals surface area contributed by atoms with E-state index in [-0.39, 0.29) is 27.8 Å². The van der Waals surface area contributed by atoms with Crippen molar-refractivity contribution in [2.45, 2.75) is 37.8 Å². The van der Waals surface area contributed by atoms with Crippen molar-refractivity contribution in [1.82, 2.24) is 10.3 Å². The Balaban J connectivity index is 1.63. The van der Waals surface area contributed by atoms with Gasteiger partial charge < -0.3 is 19.4 Å². The summed E-state index contributed by atoms with van der Waals surface area (Å²) < 4.78 is 39.9. The maximum atomic E-state index is 13.2. The maximum Gasteiger partial charge on any atom is 0.264 e. The number of sulfonamides is 1. The standard InChI is InChI=1S/C23H27ClN4O4S/c1-14-12-28(13-15(2)25-14)22-10-8-20(31-4)23(26-22)27-33(29,30)21-9-6-17(11-18(21)24)19-7-5-16(3)32-19/h5-11,14-15,25H,12-13H2,1-4H3,(H,26,27)/t14-,15+. The molecule has 2 aromatic heterocycles. The number of aromatic nitrogens is 1. The second kappa shape index (κ2) is 9.24. The Hall–Kier alpha value is -2.75. The number of rotatable bonds is 6. The number of methoxy groups -OCH3 is 1. The normalized spacial score (nSPS) is 18.9. The number of benzene rings is 1. The smallest absolute Gasteiger partial charge is 0.264 e. The van der Waals surface area contributed by atoms with Gasteiger partial charge >= 0.3 is 0 Å². The van der Waals surface area contributed by atoms with E-state index in [4.69, 9.17) is 20.8 Å². The van der Waals surface area contributed by atoms with Crippen molar-refractivity contribution in [3.8, 4) is 17.1 Å². The highest BCUT2D eigenvalue weighted by atomic mass is 35.5. The van der Waals surface area contributed by atoms with Crippen molar-refractivity contribution in [2.24, 2.45) is 0 Å². The Morgan fingerprint density at radius 1 is 1.15 bits per heavy atom. The molecule has 0 spiro atoms. The first kappa shape index (κ1) is 23.4. The number of furan rings is 1. The molecular formula is C23H27ClN4O4S. The molecule has 33 heavy (non-hydrogen) atoms. The summed E-state index contributed by atoms with van der Waals surface area (Å²) in [6, 6.07) is 12.4. The summed E-state index contributed by atoms with van der Waals surface area (Å²) in [7, 11) is -2.56.